The first kappa shape index (κ1) is 14.8. The number of likely N-dealkylation sites (tertiary alicyclic amines) is 1. The van der Waals surface area contributed by atoms with Gasteiger partial charge >= 0.3 is 0 Å². The molecule has 1 fully saturated rings. The zero-order chi connectivity index (χ0) is 14.7. The predicted octanol–water partition coefficient (Wildman–Crippen LogP) is 3.84. The number of halogens is 1. The smallest absolute Gasteiger partial charge is 0.187 e. The van der Waals surface area contributed by atoms with Crippen molar-refractivity contribution in [3.05, 3.63) is 52.8 Å². The lowest BCUT2D eigenvalue weighted by Gasteiger charge is -2.16. The monoisotopic (exact) mass is 319 g/mol. The predicted molar refractivity (Wildman–Crippen MR) is 87.9 cm³/mol. The molecule has 3 nitrogen and oxygen atoms in total. The Morgan fingerprint density at radius 2 is 2.05 bits per heavy atom. The molecule has 0 spiro atoms. The van der Waals surface area contributed by atoms with Gasteiger partial charge in [0.2, 0.25) is 0 Å². The summed E-state index contributed by atoms with van der Waals surface area (Å²) in [5, 5.41) is 1.71. The second-order valence-corrected chi connectivity index (χ2v) is 6.50. The van der Waals surface area contributed by atoms with Crippen molar-refractivity contribution in [3.8, 4) is 0 Å². The highest BCUT2D eigenvalue weighted by Crippen LogP contribution is 2.32. The first-order valence-corrected chi connectivity index (χ1v) is 8.68. The Kier molecular flexibility index (Phi) is 4.78. The van der Waals surface area contributed by atoms with Gasteiger partial charge in [-0.15, -0.1) is 0 Å². The van der Waals surface area contributed by atoms with Crippen molar-refractivity contribution >= 4 is 23.4 Å². The molecule has 2 heterocycles. The molecule has 1 unspecified atom stereocenters. The maximum Gasteiger partial charge on any atom is 0.187 e. The van der Waals surface area contributed by atoms with Crippen LogP contribution < -0.4 is 0 Å². The van der Waals surface area contributed by atoms with Crippen LogP contribution in [0.2, 0.25) is 5.02 Å². The fraction of sp³-hybridized carbons (Fsp3) is 0.375. The van der Waals surface area contributed by atoms with Gasteiger partial charge in [0, 0.05) is 36.1 Å². The van der Waals surface area contributed by atoms with Gasteiger partial charge in [-0.25, -0.2) is 9.97 Å². The highest BCUT2D eigenvalue weighted by Gasteiger charge is 2.25. The van der Waals surface area contributed by atoms with Crippen molar-refractivity contribution in [2.24, 2.45) is 0 Å². The first-order valence-electron chi connectivity index (χ1n) is 7.08. The van der Waals surface area contributed by atoms with Crippen LogP contribution in [0.1, 0.15) is 23.5 Å². The fourth-order valence-corrected chi connectivity index (χ4v) is 3.43. The molecular formula is C16H18ClN3S. The third kappa shape index (κ3) is 3.57. The van der Waals surface area contributed by atoms with Crippen LogP contribution in [-0.4, -0.2) is 34.2 Å². The highest BCUT2D eigenvalue weighted by atomic mass is 35.5. The lowest BCUT2D eigenvalue weighted by molar-refractivity contribution is 0.325. The van der Waals surface area contributed by atoms with Crippen molar-refractivity contribution < 1.29 is 0 Å². The molecule has 0 bridgehead atoms. The molecule has 0 N–H and O–H groups in total. The quantitative estimate of drug-likeness (QED) is 0.632. The summed E-state index contributed by atoms with van der Waals surface area (Å²) in [6.45, 7) is 3.06. The number of rotatable bonds is 4. The Bertz CT molecular complexity index is 603. The van der Waals surface area contributed by atoms with Gasteiger partial charge in [0.1, 0.15) is 0 Å². The number of benzene rings is 1. The van der Waals surface area contributed by atoms with E-state index in [0.29, 0.717) is 5.92 Å². The minimum absolute atomic E-state index is 0.532. The molecule has 1 atom stereocenters. The molecule has 1 aromatic carbocycles. The summed E-state index contributed by atoms with van der Waals surface area (Å²) in [6.07, 6.45) is 7.01. The maximum atomic E-state index is 6.30. The summed E-state index contributed by atoms with van der Waals surface area (Å²) >= 11 is 7.87. The number of hydrogen-bond donors (Lipinski definition) is 0. The number of nitrogens with zero attached hydrogens (tertiary/aromatic N) is 3. The van der Waals surface area contributed by atoms with Gasteiger partial charge in [0.15, 0.2) is 5.16 Å². The van der Waals surface area contributed by atoms with Crippen LogP contribution in [0.15, 0.2) is 41.8 Å². The molecule has 110 valence electrons. The Morgan fingerprint density at radius 1 is 1.29 bits per heavy atom. The third-order valence-electron chi connectivity index (χ3n) is 3.89. The molecular weight excluding hydrogens is 302 g/mol. The first-order chi connectivity index (χ1) is 10.3. The highest BCUT2D eigenvalue weighted by molar-refractivity contribution is 7.98. The Labute approximate surface area is 134 Å². The average Bonchev–Trinajstić information content (AvgIpc) is 2.97. The molecule has 5 heteroatoms. The standard InChI is InChI=1S/C16H18ClN3S/c1-21-16-18-8-12(9-19-16)10-20-7-6-13(11-20)14-4-2-3-5-15(14)17/h2-5,8-9,13H,6-7,10-11H2,1H3. The van der Waals surface area contributed by atoms with Crippen LogP contribution in [0.4, 0.5) is 0 Å². The molecule has 0 amide bonds. The summed E-state index contributed by atoms with van der Waals surface area (Å²) in [4.78, 5) is 11.1. The van der Waals surface area contributed by atoms with E-state index in [9.17, 15) is 0 Å². The van der Waals surface area contributed by atoms with Gasteiger partial charge in [-0.3, -0.25) is 4.90 Å². The lowest BCUT2D eigenvalue weighted by Crippen LogP contribution is -2.20. The molecule has 1 aromatic heterocycles. The molecule has 0 aliphatic carbocycles. The fourth-order valence-electron chi connectivity index (χ4n) is 2.82. The van der Waals surface area contributed by atoms with Crippen molar-refractivity contribution in [2.75, 3.05) is 19.3 Å². The number of thioether (sulfide) groups is 1. The van der Waals surface area contributed by atoms with E-state index in [0.717, 1.165) is 36.2 Å². The molecule has 3 rings (SSSR count). The molecule has 1 saturated heterocycles. The Hall–Kier alpha value is -1.10. The summed E-state index contributed by atoms with van der Waals surface area (Å²) in [5.41, 5.74) is 2.45. The van der Waals surface area contributed by atoms with Gasteiger partial charge < -0.3 is 0 Å². The molecule has 1 aliphatic rings. The summed E-state index contributed by atoms with van der Waals surface area (Å²) < 4.78 is 0. The molecule has 0 radical (unpaired) electrons. The topological polar surface area (TPSA) is 29.0 Å². The van der Waals surface area contributed by atoms with Crippen LogP contribution >= 0.6 is 23.4 Å². The second-order valence-electron chi connectivity index (χ2n) is 5.32. The minimum Gasteiger partial charge on any atom is -0.298 e. The Morgan fingerprint density at radius 3 is 2.76 bits per heavy atom. The van der Waals surface area contributed by atoms with Crippen molar-refractivity contribution in [2.45, 2.75) is 24.0 Å². The van der Waals surface area contributed by atoms with Crippen LogP contribution in [0.3, 0.4) is 0 Å². The summed E-state index contributed by atoms with van der Waals surface area (Å²) in [6, 6.07) is 8.18. The van der Waals surface area contributed by atoms with Crippen molar-refractivity contribution in [3.63, 3.8) is 0 Å². The third-order valence-corrected chi connectivity index (χ3v) is 4.81. The normalized spacial score (nSPS) is 19.0. The minimum atomic E-state index is 0.532. The SMILES string of the molecule is CSc1ncc(CN2CCC(c3ccccc3Cl)C2)cn1. The van der Waals surface area contributed by atoms with Crippen LogP contribution in [0.25, 0.3) is 0 Å². The zero-order valence-electron chi connectivity index (χ0n) is 12.0. The summed E-state index contributed by atoms with van der Waals surface area (Å²) in [5.74, 6) is 0.532. The van der Waals surface area contributed by atoms with Crippen LogP contribution in [0.5, 0.6) is 0 Å². The van der Waals surface area contributed by atoms with Crippen molar-refractivity contribution in [1.82, 2.24) is 14.9 Å². The second kappa shape index (κ2) is 6.77. The van der Waals surface area contributed by atoms with E-state index >= 15 is 0 Å². The van der Waals surface area contributed by atoms with E-state index in [2.05, 4.69) is 27.0 Å². The average molecular weight is 320 g/mol. The van der Waals surface area contributed by atoms with E-state index in [1.807, 2.05) is 30.8 Å². The zero-order valence-corrected chi connectivity index (χ0v) is 13.6. The van der Waals surface area contributed by atoms with Gasteiger partial charge in [-0.2, -0.15) is 0 Å². The van der Waals surface area contributed by atoms with Gasteiger partial charge in [0.25, 0.3) is 0 Å². The molecule has 1 aliphatic heterocycles. The molecule has 21 heavy (non-hydrogen) atoms. The van der Waals surface area contributed by atoms with Gasteiger partial charge in [0.05, 0.1) is 0 Å². The van der Waals surface area contributed by atoms with E-state index in [4.69, 9.17) is 11.6 Å². The van der Waals surface area contributed by atoms with Gasteiger partial charge in [-0.1, -0.05) is 41.6 Å². The molecule has 0 saturated carbocycles. The van der Waals surface area contributed by atoms with Crippen LogP contribution in [-0.2, 0) is 6.54 Å². The van der Waals surface area contributed by atoms with E-state index < -0.39 is 0 Å². The van der Waals surface area contributed by atoms with Gasteiger partial charge in [-0.05, 0) is 36.8 Å². The number of aromatic nitrogens is 2. The largest absolute Gasteiger partial charge is 0.298 e. The molecule has 2 aromatic rings. The Balaban J connectivity index is 1.63. The lowest BCUT2D eigenvalue weighted by atomic mass is 9.98. The number of hydrogen-bond acceptors (Lipinski definition) is 4. The van der Waals surface area contributed by atoms with Crippen molar-refractivity contribution in [1.29, 1.82) is 0 Å². The van der Waals surface area contributed by atoms with Crippen LogP contribution in [0, 0.1) is 0 Å². The summed E-state index contributed by atoms with van der Waals surface area (Å²) in [7, 11) is 0. The van der Waals surface area contributed by atoms with E-state index in [-0.39, 0.29) is 0 Å². The van der Waals surface area contributed by atoms with E-state index in [1.54, 1.807) is 11.8 Å². The van der Waals surface area contributed by atoms with E-state index in [1.165, 1.54) is 11.1 Å². The maximum absolute atomic E-state index is 6.30.